The molecular formula is C38H46N8O8. The number of amides is 5. The predicted octanol–water partition coefficient (Wildman–Crippen LogP) is 1.67. The van der Waals surface area contributed by atoms with E-state index in [9.17, 15) is 24.0 Å². The number of benzene rings is 2. The zero-order valence-corrected chi connectivity index (χ0v) is 31.3. The van der Waals surface area contributed by atoms with Crippen molar-refractivity contribution in [1.29, 1.82) is 0 Å². The average Bonchev–Trinajstić information content (AvgIpc) is 3.48. The molecule has 2 aromatic heterocycles. The second-order valence-electron chi connectivity index (χ2n) is 13.0. The van der Waals surface area contributed by atoms with Crippen LogP contribution in [0.5, 0.6) is 17.2 Å². The van der Waals surface area contributed by atoms with Gasteiger partial charge in [0.2, 0.25) is 23.5 Å². The first-order chi connectivity index (χ1) is 25.9. The van der Waals surface area contributed by atoms with Crippen molar-refractivity contribution in [2.75, 3.05) is 47.0 Å². The lowest BCUT2D eigenvalue weighted by Gasteiger charge is -2.24. The van der Waals surface area contributed by atoms with Crippen LogP contribution in [0, 0.1) is 20.8 Å². The van der Waals surface area contributed by atoms with Crippen LogP contribution in [0.1, 0.15) is 56.7 Å². The summed E-state index contributed by atoms with van der Waals surface area (Å²) in [4.78, 5) is 73.9. The number of carbonyl (C=O) groups is 5. The highest BCUT2D eigenvalue weighted by molar-refractivity contribution is 6.02. The van der Waals surface area contributed by atoms with Crippen molar-refractivity contribution in [1.82, 2.24) is 40.8 Å². The molecule has 5 amide bonds. The number of aromatic nitrogens is 3. The summed E-state index contributed by atoms with van der Waals surface area (Å²) in [6.07, 6.45) is 0.529. The van der Waals surface area contributed by atoms with Gasteiger partial charge in [-0.05, 0) is 57.9 Å². The van der Waals surface area contributed by atoms with Gasteiger partial charge in [0.15, 0.2) is 17.1 Å². The van der Waals surface area contributed by atoms with E-state index < -0.39 is 41.6 Å². The number of hydrogen-bond donors (Lipinski definition) is 4. The first kappa shape index (κ1) is 39.0. The van der Waals surface area contributed by atoms with Crippen LogP contribution < -0.4 is 35.5 Å². The Kier molecular flexibility index (Phi) is 12.7. The van der Waals surface area contributed by atoms with E-state index in [2.05, 4.69) is 31.3 Å². The first-order valence-electron chi connectivity index (χ1n) is 17.6. The summed E-state index contributed by atoms with van der Waals surface area (Å²) in [7, 11) is 2.84. The molecule has 4 heterocycles. The van der Waals surface area contributed by atoms with Crippen LogP contribution in [0.3, 0.4) is 0 Å². The van der Waals surface area contributed by atoms with Gasteiger partial charge in [-0.2, -0.15) is 5.10 Å². The number of hydrogen-bond acceptors (Lipinski definition) is 10. The minimum absolute atomic E-state index is 0.0395. The SMILES string of the molecule is COc1cc2cc(OC)c1OCCCNC(=O)CN(C(=O)c1c(C)nn3c(C)cc(C)nc13)CCNC(=O)[C@@H](Cc1ccccc1)NC(=O)[C@H](C)NC2=O. The first-order valence-corrected chi connectivity index (χ1v) is 17.6. The zero-order valence-electron chi connectivity index (χ0n) is 31.3. The second kappa shape index (κ2) is 17.6. The van der Waals surface area contributed by atoms with Gasteiger partial charge in [0.05, 0.1) is 33.1 Å². The molecule has 0 saturated carbocycles. The summed E-state index contributed by atoms with van der Waals surface area (Å²) >= 11 is 0. The highest BCUT2D eigenvalue weighted by Crippen LogP contribution is 2.38. The van der Waals surface area contributed by atoms with Crippen molar-refractivity contribution < 1.29 is 38.2 Å². The van der Waals surface area contributed by atoms with E-state index in [4.69, 9.17) is 14.2 Å². The van der Waals surface area contributed by atoms with Crippen LogP contribution in [0.4, 0.5) is 0 Å². The minimum atomic E-state index is -1.05. The average molecular weight is 743 g/mol. The van der Waals surface area contributed by atoms with Crippen molar-refractivity contribution in [3.8, 4) is 17.2 Å². The Bertz CT molecular complexity index is 2010. The van der Waals surface area contributed by atoms with E-state index >= 15 is 0 Å². The Morgan fingerprint density at radius 3 is 2.31 bits per heavy atom. The molecule has 4 N–H and O–H groups in total. The number of methoxy groups -OCH3 is 2. The lowest BCUT2D eigenvalue weighted by molar-refractivity contribution is -0.129. The van der Waals surface area contributed by atoms with Gasteiger partial charge in [-0.15, -0.1) is 0 Å². The molecule has 0 fully saturated rings. The van der Waals surface area contributed by atoms with Crippen LogP contribution in [-0.4, -0.2) is 108 Å². The predicted molar refractivity (Wildman–Crippen MR) is 198 cm³/mol. The maximum absolute atomic E-state index is 14.2. The monoisotopic (exact) mass is 742 g/mol. The molecule has 16 heteroatoms. The maximum Gasteiger partial charge on any atom is 0.260 e. The number of nitrogens with zero attached hydrogens (tertiary/aromatic N) is 4. The van der Waals surface area contributed by atoms with Crippen LogP contribution >= 0.6 is 0 Å². The molecule has 2 aliphatic rings. The van der Waals surface area contributed by atoms with Gasteiger partial charge in [-0.1, -0.05) is 30.3 Å². The topological polar surface area (TPSA) is 195 Å². The molecular weight excluding hydrogens is 696 g/mol. The fourth-order valence-electron chi connectivity index (χ4n) is 6.08. The van der Waals surface area contributed by atoms with Gasteiger partial charge in [0.1, 0.15) is 17.6 Å². The third-order valence-corrected chi connectivity index (χ3v) is 8.86. The van der Waals surface area contributed by atoms with Crippen molar-refractivity contribution in [2.24, 2.45) is 0 Å². The number of ether oxygens (including phenoxy) is 3. The van der Waals surface area contributed by atoms with Crippen LogP contribution in [0.15, 0.2) is 48.5 Å². The molecule has 6 rings (SSSR count). The molecule has 2 aromatic carbocycles. The van der Waals surface area contributed by atoms with Crippen LogP contribution in [0.25, 0.3) is 5.65 Å². The summed E-state index contributed by atoms with van der Waals surface area (Å²) in [5, 5.41) is 15.6. The second-order valence-corrected chi connectivity index (χ2v) is 13.0. The molecule has 2 bridgehead atoms. The Labute approximate surface area is 312 Å². The summed E-state index contributed by atoms with van der Waals surface area (Å²) in [5.41, 5.74) is 3.47. The zero-order chi connectivity index (χ0) is 38.9. The van der Waals surface area contributed by atoms with E-state index in [1.165, 1.54) is 38.2 Å². The Hall–Kier alpha value is -6.19. The molecule has 0 radical (unpaired) electrons. The molecule has 286 valence electrons. The molecule has 0 aliphatic carbocycles. The molecule has 0 unspecified atom stereocenters. The summed E-state index contributed by atoms with van der Waals surface area (Å²) in [5.74, 6) is -1.92. The number of fused-ring (bicyclic) bond motifs is 20. The van der Waals surface area contributed by atoms with Crippen molar-refractivity contribution in [3.05, 3.63) is 82.3 Å². The highest BCUT2D eigenvalue weighted by Gasteiger charge is 2.29. The van der Waals surface area contributed by atoms with Gasteiger partial charge >= 0.3 is 0 Å². The van der Waals surface area contributed by atoms with E-state index in [-0.39, 0.29) is 67.6 Å². The number of nitrogens with one attached hydrogen (secondary N) is 4. The fourth-order valence-corrected chi connectivity index (χ4v) is 6.08. The largest absolute Gasteiger partial charge is 0.493 e. The van der Waals surface area contributed by atoms with Crippen LogP contribution in [-0.2, 0) is 20.8 Å². The van der Waals surface area contributed by atoms with E-state index in [0.29, 0.717) is 23.5 Å². The van der Waals surface area contributed by atoms with E-state index in [1.54, 1.807) is 11.4 Å². The van der Waals surface area contributed by atoms with Gasteiger partial charge < -0.3 is 40.4 Å². The van der Waals surface area contributed by atoms with Gasteiger partial charge in [-0.3, -0.25) is 24.0 Å². The molecule has 0 saturated heterocycles. The number of aryl methyl sites for hydroxylation is 3. The molecule has 2 atom stereocenters. The van der Waals surface area contributed by atoms with Gasteiger partial charge in [0, 0.05) is 43.0 Å². The maximum atomic E-state index is 14.2. The molecule has 2 aliphatic heterocycles. The number of carbonyl (C=O) groups excluding carboxylic acids is 5. The minimum Gasteiger partial charge on any atom is -0.493 e. The lowest BCUT2D eigenvalue weighted by atomic mass is 10.0. The Morgan fingerprint density at radius 1 is 0.926 bits per heavy atom. The Morgan fingerprint density at radius 2 is 1.63 bits per heavy atom. The van der Waals surface area contributed by atoms with E-state index in [1.807, 2.05) is 50.2 Å². The number of rotatable bonds is 5. The van der Waals surface area contributed by atoms with Crippen molar-refractivity contribution in [2.45, 2.75) is 52.6 Å². The molecule has 16 nitrogen and oxygen atoms in total. The third-order valence-electron chi connectivity index (χ3n) is 8.86. The van der Waals surface area contributed by atoms with Gasteiger partial charge in [0.25, 0.3) is 11.8 Å². The summed E-state index contributed by atoms with van der Waals surface area (Å²) in [6.45, 7) is 6.86. The normalized spacial score (nSPS) is 18.0. The molecule has 0 spiro atoms. The lowest BCUT2D eigenvalue weighted by Crippen LogP contribution is -2.54. The van der Waals surface area contributed by atoms with Crippen molar-refractivity contribution >= 4 is 35.2 Å². The smallest absolute Gasteiger partial charge is 0.260 e. The van der Waals surface area contributed by atoms with Crippen molar-refractivity contribution in [3.63, 3.8) is 0 Å². The standard InChI is InChI=1S/C38H46N8O8/c1-22-17-23(2)46-34(41-22)32(24(3)44-46)38(51)45-15-14-40-37(50)28(18-26-11-8-7-9-12-26)43-35(48)25(4)42-36(49)27-19-29(52-5)33(30(20-27)53-6)54-16-10-13-39-31(47)21-45/h7-9,11-12,17,19-20,25,28H,10,13-16,18,21H2,1-6H3,(H,39,47)(H,40,50)(H,42,49)(H,43,48)/t25-,28+/m0/s1. The van der Waals surface area contributed by atoms with Gasteiger partial charge in [-0.25, -0.2) is 9.50 Å². The summed E-state index contributed by atoms with van der Waals surface area (Å²) in [6, 6.07) is 11.8. The fraction of sp³-hybridized carbons (Fsp3) is 0.395. The third kappa shape index (κ3) is 9.23. The van der Waals surface area contributed by atoms with Crippen LogP contribution in [0.2, 0.25) is 0 Å². The summed E-state index contributed by atoms with van der Waals surface area (Å²) < 4.78 is 18.5. The highest BCUT2D eigenvalue weighted by atomic mass is 16.5. The van der Waals surface area contributed by atoms with E-state index in [0.717, 1.165) is 11.3 Å². The quantitative estimate of drug-likeness (QED) is 0.219. The Balaban J connectivity index is 1.45. The molecule has 4 aromatic rings. The molecule has 54 heavy (non-hydrogen) atoms.